The summed E-state index contributed by atoms with van der Waals surface area (Å²) in [6, 6.07) is 0.259. The van der Waals surface area contributed by atoms with Crippen LogP contribution in [0.15, 0.2) is 16.6 Å². The molecule has 0 saturated heterocycles. The van der Waals surface area contributed by atoms with Gasteiger partial charge in [-0.3, -0.25) is 0 Å². The maximum absolute atomic E-state index is 13.4. The molecule has 0 spiro atoms. The van der Waals surface area contributed by atoms with E-state index in [2.05, 4.69) is 21.2 Å². The van der Waals surface area contributed by atoms with Gasteiger partial charge in [0, 0.05) is 11.6 Å². The lowest BCUT2D eigenvalue weighted by Gasteiger charge is -2.19. The van der Waals surface area contributed by atoms with Crippen LogP contribution in [0.4, 0.5) is 22.0 Å². The molecule has 0 amide bonds. The minimum Gasteiger partial charge on any atom is -0.313 e. The fraction of sp³-hybridized carbons (Fsp3) is 0.400. The molecule has 0 radical (unpaired) electrons. The third-order valence-electron chi connectivity index (χ3n) is 2.20. The van der Waals surface area contributed by atoms with Gasteiger partial charge in [-0.1, -0.05) is 0 Å². The molecule has 0 heterocycles. The van der Waals surface area contributed by atoms with Crippen LogP contribution in [-0.2, 0) is 0 Å². The van der Waals surface area contributed by atoms with Crippen LogP contribution < -0.4 is 5.32 Å². The Morgan fingerprint density at radius 2 is 1.82 bits per heavy atom. The van der Waals surface area contributed by atoms with E-state index in [-0.39, 0.29) is 10.0 Å². The molecule has 0 aliphatic rings. The molecular formula is C10H9BrF5N. The second kappa shape index (κ2) is 5.30. The molecular weight excluding hydrogens is 309 g/mol. The Balaban J connectivity index is 3.08. The number of benzene rings is 1. The first-order valence-corrected chi connectivity index (χ1v) is 5.42. The van der Waals surface area contributed by atoms with Gasteiger partial charge in [-0.25, -0.2) is 8.78 Å². The Labute approximate surface area is 103 Å². The zero-order valence-electron chi connectivity index (χ0n) is 8.71. The quantitative estimate of drug-likeness (QED) is 0.657. The van der Waals surface area contributed by atoms with Crippen LogP contribution in [0.3, 0.4) is 0 Å². The van der Waals surface area contributed by atoms with E-state index in [0.717, 1.165) is 12.1 Å². The lowest BCUT2D eigenvalue weighted by molar-refractivity contribution is -0.140. The maximum Gasteiger partial charge on any atom is 0.390 e. The predicted molar refractivity (Wildman–Crippen MR) is 56.5 cm³/mol. The highest BCUT2D eigenvalue weighted by Crippen LogP contribution is 2.32. The highest BCUT2D eigenvalue weighted by Gasteiger charge is 2.33. The fourth-order valence-corrected chi connectivity index (χ4v) is 1.72. The van der Waals surface area contributed by atoms with Gasteiger partial charge in [0.25, 0.3) is 0 Å². The number of rotatable bonds is 3. The lowest BCUT2D eigenvalue weighted by atomic mass is 10.0. The number of hydrogen-bond acceptors (Lipinski definition) is 1. The maximum atomic E-state index is 13.4. The zero-order chi connectivity index (χ0) is 13.2. The van der Waals surface area contributed by atoms with Crippen molar-refractivity contribution in [3.63, 3.8) is 0 Å². The van der Waals surface area contributed by atoms with Crippen LogP contribution in [0, 0.1) is 11.6 Å². The second-order valence-corrected chi connectivity index (χ2v) is 4.30. The molecule has 1 unspecified atom stereocenters. The van der Waals surface area contributed by atoms with Crippen molar-refractivity contribution in [3.8, 4) is 0 Å². The molecule has 1 atom stereocenters. The van der Waals surface area contributed by atoms with Crippen molar-refractivity contribution in [2.75, 3.05) is 7.05 Å². The Morgan fingerprint density at radius 3 is 2.29 bits per heavy atom. The summed E-state index contributed by atoms with van der Waals surface area (Å²) in [7, 11) is 1.26. The highest BCUT2D eigenvalue weighted by molar-refractivity contribution is 9.10. The van der Waals surface area contributed by atoms with Crippen LogP contribution in [0.1, 0.15) is 18.0 Å². The van der Waals surface area contributed by atoms with Gasteiger partial charge in [-0.15, -0.1) is 0 Å². The van der Waals surface area contributed by atoms with Gasteiger partial charge in [0.2, 0.25) is 0 Å². The van der Waals surface area contributed by atoms with Gasteiger partial charge < -0.3 is 5.32 Å². The molecule has 1 rings (SSSR count). The number of hydrogen-bond donors (Lipinski definition) is 1. The minimum atomic E-state index is -4.45. The molecule has 0 aliphatic heterocycles. The number of nitrogens with one attached hydrogen (secondary N) is 1. The van der Waals surface area contributed by atoms with E-state index in [9.17, 15) is 22.0 Å². The van der Waals surface area contributed by atoms with Crippen LogP contribution in [0.5, 0.6) is 0 Å². The minimum absolute atomic E-state index is 0.124. The van der Waals surface area contributed by atoms with Gasteiger partial charge in [-0.2, -0.15) is 13.2 Å². The standard InChI is InChI=1S/C10H9BrF5N/c1-17-9(4-10(14,15)16)5-2-8(13)6(11)3-7(5)12/h2-3,9,17H,4H2,1H3. The smallest absolute Gasteiger partial charge is 0.313 e. The third-order valence-corrected chi connectivity index (χ3v) is 2.81. The van der Waals surface area contributed by atoms with E-state index in [1.54, 1.807) is 0 Å². The average Bonchev–Trinajstić information content (AvgIpc) is 2.19. The first-order chi connectivity index (χ1) is 7.74. The molecule has 1 aromatic carbocycles. The van der Waals surface area contributed by atoms with Gasteiger partial charge in [-0.05, 0) is 35.1 Å². The van der Waals surface area contributed by atoms with E-state index in [1.807, 2.05) is 0 Å². The van der Waals surface area contributed by atoms with E-state index < -0.39 is 30.3 Å². The van der Waals surface area contributed by atoms with Crippen LogP contribution in [0.25, 0.3) is 0 Å². The molecule has 96 valence electrons. The topological polar surface area (TPSA) is 12.0 Å². The molecule has 7 heteroatoms. The number of alkyl halides is 3. The van der Waals surface area contributed by atoms with Crippen molar-refractivity contribution in [2.24, 2.45) is 0 Å². The summed E-state index contributed by atoms with van der Waals surface area (Å²) in [6.45, 7) is 0. The molecule has 0 saturated carbocycles. The van der Waals surface area contributed by atoms with Crippen molar-refractivity contribution in [1.82, 2.24) is 5.32 Å². The Morgan fingerprint density at radius 1 is 1.24 bits per heavy atom. The van der Waals surface area contributed by atoms with E-state index in [1.165, 1.54) is 7.05 Å². The lowest BCUT2D eigenvalue weighted by Crippen LogP contribution is -2.24. The van der Waals surface area contributed by atoms with E-state index in [0.29, 0.717) is 0 Å². The molecule has 0 aliphatic carbocycles. The largest absolute Gasteiger partial charge is 0.390 e. The van der Waals surface area contributed by atoms with Crippen LogP contribution >= 0.6 is 15.9 Å². The Hall–Kier alpha value is -0.690. The van der Waals surface area contributed by atoms with Crippen molar-refractivity contribution >= 4 is 15.9 Å². The monoisotopic (exact) mass is 317 g/mol. The average molecular weight is 318 g/mol. The summed E-state index contributed by atoms with van der Waals surface area (Å²) in [5.74, 6) is -1.69. The Kier molecular flexibility index (Phi) is 4.48. The highest BCUT2D eigenvalue weighted by atomic mass is 79.9. The molecule has 1 nitrogen and oxygen atoms in total. The van der Waals surface area contributed by atoms with Crippen molar-refractivity contribution in [2.45, 2.75) is 18.6 Å². The summed E-state index contributed by atoms with van der Waals surface area (Å²) in [5, 5.41) is 2.32. The third kappa shape index (κ3) is 3.92. The second-order valence-electron chi connectivity index (χ2n) is 3.45. The summed E-state index contributed by atoms with van der Waals surface area (Å²) in [5.41, 5.74) is -0.342. The number of halogens is 6. The van der Waals surface area contributed by atoms with Gasteiger partial charge in [0.05, 0.1) is 10.9 Å². The summed E-state index contributed by atoms with van der Waals surface area (Å²) in [6.07, 6.45) is -5.72. The van der Waals surface area contributed by atoms with Gasteiger partial charge in [0.1, 0.15) is 11.6 Å². The summed E-state index contributed by atoms with van der Waals surface area (Å²) < 4.78 is 63.2. The first kappa shape index (κ1) is 14.4. The molecule has 0 fully saturated rings. The molecule has 17 heavy (non-hydrogen) atoms. The van der Waals surface area contributed by atoms with Crippen molar-refractivity contribution in [3.05, 3.63) is 33.8 Å². The van der Waals surface area contributed by atoms with E-state index in [4.69, 9.17) is 0 Å². The van der Waals surface area contributed by atoms with Crippen molar-refractivity contribution < 1.29 is 22.0 Å². The van der Waals surface area contributed by atoms with Crippen LogP contribution in [0.2, 0.25) is 0 Å². The predicted octanol–water partition coefficient (Wildman–Crippen LogP) is 3.94. The van der Waals surface area contributed by atoms with Gasteiger partial charge in [0.15, 0.2) is 0 Å². The first-order valence-electron chi connectivity index (χ1n) is 4.63. The normalized spacial score (nSPS) is 13.8. The molecule has 1 N–H and O–H groups in total. The zero-order valence-corrected chi connectivity index (χ0v) is 10.3. The molecule has 0 bridgehead atoms. The summed E-state index contributed by atoms with van der Waals surface area (Å²) in [4.78, 5) is 0. The molecule has 1 aromatic rings. The molecule has 0 aromatic heterocycles. The SMILES string of the molecule is CNC(CC(F)(F)F)c1cc(F)c(Br)cc1F. The Bertz CT molecular complexity index is 404. The van der Waals surface area contributed by atoms with Crippen molar-refractivity contribution in [1.29, 1.82) is 0 Å². The van der Waals surface area contributed by atoms with Gasteiger partial charge >= 0.3 is 6.18 Å². The van der Waals surface area contributed by atoms with E-state index >= 15 is 0 Å². The fourth-order valence-electron chi connectivity index (χ4n) is 1.40. The summed E-state index contributed by atoms with van der Waals surface area (Å²) >= 11 is 2.76. The van der Waals surface area contributed by atoms with Crippen LogP contribution in [-0.4, -0.2) is 13.2 Å².